The Balaban J connectivity index is 0.000000253. The van der Waals surface area contributed by atoms with Gasteiger partial charge in [-0.05, 0) is 96.2 Å². The Labute approximate surface area is 351 Å². The summed E-state index contributed by atoms with van der Waals surface area (Å²) in [4.78, 5) is 18.0. The standard InChI is InChI=1S/C26H19ClF6N2O2.C17H15F6NO/c27-20-13-18-8-10-34-23(18)22(14-20)24(36)35(11-9-16-2-1-3-19(12-16)25(28,29)30)15-17-4-6-21(7-5-17)37-26(31,32)33;18-16(19,20)14-3-1-2-12(10-14)8-9-24-11-13-4-6-15(7-5-13)25-17(21,22)23/h1-8,10,12-14,34H,9,11,15H2;1-7,10,24H,8-9,11H2. The Morgan fingerprint density at radius 2 is 1.13 bits per heavy atom. The lowest BCUT2D eigenvalue weighted by atomic mass is 10.1. The van der Waals surface area contributed by atoms with Gasteiger partial charge in [0, 0.05) is 36.2 Å². The average Bonchev–Trinajstić information content (AvgIpc) is 3.66. The molecule has 1 aromatic heterocycles. The van der Waals surface area contributed by atoms with Gasteiger partial charge in [-0.3, -0.25) is 4.79 Å². The summed E-state index contributed by atoms with van der Waals surface area (Å²) in [6, 6.07) is 25.2. The second-order valence-corrected chi connectivity index (χ2v) is 14.0. The highest BCUT2D eigenvalue weighted by Crippen LogP contribution is 2.32. The van der Waals surface area contributed by atoms with Gasteiger partial charge in [-0.2, -0.15) is 26.3 Å². The highest BCUT2D eigenvalue weighted by molar-refractivity contribution is 6.32. The summed E-state index contributed by atoms with van der Waals surface area (Å²) < 4.78 is 158. The molecule has 330 valence electrons. The summed E-state index contributed by atoms with van der Waals surface area (Å²) in [5, 5.41) is 4.05. The van der Waals surface area contributed by atoms with Crippen LogP contribution in [0.1, 0.15) is 43.7 Å². The monoisotopic (exact) mass is 903 g/mol. The van der Waals surface area contributed by atoms with Crippen LogP contribution in [0.2, 0.25) is 5.02 Å². The molecule has 0 saturated carbocycles. The van der Waals surface area contributed by atoms with Crippen molar-refractivity contribution in [2.45, 2.75) is 51.0 Å². The average molecular weight is 904 g/mol. The topological polar surface area (TPSA) is 66.6 Å². The SMILES string of the molecule is FC(F)(F)Oc1ccc(CNCCc2cccc(C(F)(F)F)c2)cc1.O=C(c1cc(Cl)cc2cc[nH]c12)N(CCc1cccc(C(F)(F)F)c1)Cc1ccc(OC(F)(F)F)cc1. The number of alkyl halides is 12. The van der Waals surface area contributed by atoms with Crippen LogP contribution in [-0.2, 0) is 38.3 Å². The first kappa shape index (κ1) is 47.2. The maximum Gasteiger partial charge on any atom is 0.573 e. The number of fused-ring (bicyclic) bond motifs is 1. The molecule has 0 unspecified atom stereocenters. The van der Waals surface area contributed by atoms with Crippen molar-refractivity contribution in [3.63, 3.8) is 0 Å². The number of rotatable bonds is 13. The summed E-state index contributed by atoms with van der Waals surface area (Å²) in [6.45, 7) is 0.835. The van der Waals surface area contributed by atoms with Crippen LogP contribution in [0.25, 0.3) is 10.9 Å². The van der Waals surface area contributed by atoms with E-state index < -0.39 is 47.9 Å². The summed E-state index contributed by atoms with van der Waals surface area (Å²) in [5.74, 6) is -1.17. The number of amides is 1. The summed E-state index contributed by atoms with van der Waals surface area (Å²) in [7, 11) is 0. The smallest absolute Gasteiger partial charge is 0.406 e. The molecule has 2 N–H and O–H groups in total. The van der Waals surface area contributed by atoms with Crippen molar-refractivity contribution in [2.24, 2.45) is 0 Å². The summed E-state index contributed by atoms with van der Waals surface area (Å²) in [5.41, 5.74) is 1.46. The Morgan fingerprint density at radius 3 is 1.65 bits per heavy atom. The van der Waals surface area contributed by atoms with Crippen LogP contribution in [0.3, 0.4) is 0 Å². The number of nitrogens with zero attached hydrogens (tertiary/aromatic N) is 1. The molecule has 0 spiro atoms. The van der Waals surface area contributed by atoms with Crippen molar-refractivity contribution >= 4 is 28.4 Å². The number of hydrogen-bond acceptors (Lipinski definition) is 4. The van der Waals surface area contributed by atoms with Crippen LogP contribution in [0.5, 0.6) is 11.5 Å². The lowest BCUT2D eigenvalue weighted by molar-refractivity contribution is -0.275. The zero-order valence-corrected chi connectivity index (χ0v) is 32.6. The van der Waals surface area contributed by atoms with Crippen molar-refractivity contribution < 1.29 is 67.0 Å². The Kier molecular flexibility index (Phi) is 15.1. The van der Waals surface area contributed by atoms with Gasteiger partial charge in [0.1, 0.15) is 11.5 Å². The quantitative estimate of drug-likeness (QED) is 0.0895. The maximum atomic E-state index is 13.6. The number of nitrogens with one attached hydrogen (secondary N) is 2. The van der Waals surface area contributed by atoms with E-state index in [-0.39, 0.29) is 30.8 Å². The highest BCUT2D eigenvalue weighted by Gasteiger charge is 2.33. The number of carbonyl (C=O) groups excluding carboxylic acids is 1. The Bertz CT molecular complexity index is 2390. The molecule has 62 heavy (non-hydrogen) atoms. The fourth-order valence-corrected chi connectivity index (χ4v) is 6.32. The molecule has 0 aliphatic heterocycles. The van der Waals surface area contributed by atoms with E-state index in [0.29, 0.717) is 52.1 Å². The van der Waals surface area contributed by atoms with E-state index in [1.54, 1.807) is 24.4 Å². The molecular formula is C43H34ClF12N3O3. The Morgan fingerprint density at radius 1 is 0.613 bits per heavy atom. The van der Waals surface area contributed by atoms with Crippen LogP contribution in [0, 0.1) is 0 Å². The van der Waals surface area contributed by atoms with Crippen LogP contribution in [-0.4, -0.2) is 41.6 Å². The van der Waals surface area contributed by atoms with Gasteiger partial charge in [0.2, 0.25) is 0 Å². The van der Waals surface area contributed by atoms with E-state index in [0.717, 1.165) is 42.0 Å². The number of halogens is 13. The molecule has 6 nitrogen and oxygen atoms in total. The van der Waals surface area contributed by atoms with Gasteiger partial charge < -0.3 is 24.7 Å². The third-order valence-electron chi connectivity index (χ3n) is 8.93. The van der Waals surface area contributed by atoms with Crippen molar-refractivity contribution in [3.05, 3.63) is 165 Å². The molecule has 6 rings (SSSR count). The van der Waals surface area contributed by atoms with Gasteiger partial charge in [0.25, 0.3) is 5.91 Å². The second-order valence-electron chi connectivity index (χ2n) is 13.6. The van der Waals surface area contributed by atoms with E-state index in [1.165, 1.54) is 65.6 Å². The second kappa shape index (κ2) is 19.9. The van der Waals surface area contributed by atoms with Crippen molar-refractivity contribution in [3.8, 4) is 11.5 Å². The van der Waals surface area contributed by atoms with Crippen molar-refractivity contribution in [1.29, 1.82) is 0 Å². The fraction of sp³-hybridized carbons (Fsp3) is 0.233. The molecule has 0 atom stereocenters. The van der Waals surface area contributed by atoms with Crippen molar-refractivity contribution in [2.75, 3.05) is 13.1 Å². The predicted molar refractivity (Wildman–Crippen MR) is 206 cm³/mol. The highest BCUT2D eigenvalue weighted by atomic mass is 35.5. The number of H-pyrrole nitrogens is 1. The lowest BCUT2D eigenvalue weighted by Gasteiger charge is -2.24. The molecule has 5 aromatic carbocycles. The molecule has 0 aliphatic rings. The van der Waals surface area contributed by atoms with Gasteiger partial charge in [-0.1, -0.05) is 72.3 Å². The molecule has 0 fully saturated rings. The van der Waals surface area contributed by atoms with Gasteiger partial charge in [-0.15, -0.1) is 26.3 Å². The number of ether oxygens (including phenoxy) is 2. The third-order valence-corrected chi connectivity index (χ3v) is 9.15. The van der Waals surface area contributed by atoms with Gasteiger partial charge in [0.15, 0.2) is 0 Å². The van der Waals surface area contributed by atoms with Crippen LogP contribution >= 0.6 is 11.6 Å². The summed E-state index contributed by atoms with van der Waals surface area (Å²) >= 11 is 6.20. The third kappa shape index (κ3) is 14.6. The number of hydrogen-bond donors (Lipinski definition) is 2. The minimum Gasteiger partial charge on any atom is -0.406 e. The molecule has 19 heteroatoms. The van der Waals surface area contributed by atoms with E-state index in [2.05, 4.69) is 19.8 Å². The number of benzene rings is 5. The van der Waals surface area contributed by atoms with E-state index in [9.17, 15) is 57.5 Å². The fourth-order valence-electron chi connectivity index (χ4n) is 6.09. The molecule has 6 aromatic rings. The maximum absolute atomic E-state index is 13.6. The first-order chi connectivity index (χ1) is 29.0. The number of carbonyl (C=O) groups is 1. The lowest BCUT2D eigenvalue weighted by Crippen LogP contribution is -2.32. The van der Waals surface area contributed by atoms with E-state index >= 15 is 0 Å². The molecular weight excluding hydrogens is 870 g/mol. The van der Waals surface area contributed by atoms with Gasteiger partial charge >= 0.3 is 25.1 Å². The molecule has 0 bridgehead atoms. The predicted octanol–water partition coefficient (Wildman–Crippen LogP) is 12.6. The normalized spacial score (nSPS) is 12.1. The first-order valence-corrected chi connectivity index (χ1v) is 18.7. The zero-order chi connectivity index (χ0) is 45.3. The van der Waals surface area contributed by atoms with Gasteiger partial charge in [0.05, 0.1) is 22.2 Å². The zero-order valence-electron chi connectivity index (χ0n) is 31.9. The largest absolute Gasteiger partial charge is 0.573 e. The van der Waals surface area contributed by atoms with Crippen molar-refractivity contribution in [1.82, 2.24) is 15.2 Å². The van der Waals surface area contributed by atoms with E-state index in [1.807, 2.05) is 0 Å². The minimum atomic E-state index is -4.84. The Hall–Kier alpha value is -5.88. The van der Waals surface area contributed by atoms with E-state index in [4.69, 9.17) is 11.6 Å². The van der Waals surface area contributed by atoms with Crippen LogP contribution in [0.15, 0.2) is 121 Å². The molecule has 1 heterocycles. The molecule has 0 radical (unpaired) electrons. The molecule has 0 saturated heterocycles. The summed E-state index contributed by atoms with van der Waals surface area (Å²) in [6.07, 6.45) is -16.3. The van der Waals surface area contributed by atoms with Crippen LogP contribution < -0.4 is 14.8 Å². The number of aromatic amines is 1. The minimum absolute atomic E-state index is 0.0151. The molecule has 1 amide bonds. The number of aromatic nitrogens is 1. The first-order valence-electron chi connectivity index (χ1n) is 18.3. The van der Waals surface area contributed by atoms with Crippen LogP contribution in [0.4, 0.5) is 52.7 Å². The molecule has 0 aliphatic carbocycles. The van der Waals surface area contributed by atoms with Gasteiger partial charge in [-0.25, -0.2) is 0 Å².